The number of carbonyl (C=O) groups is 1. The van der Waals surface area contributed by atoms with Gasteiger partial charge in [-0.15, -0.1) is 0 Å². The number of aliphatic hydroxyl groups is 1. The van der Waals surface area contributed by atoms with E-state index >= 15 is 0 Å². The van der Waals surface area contributed by atoms with Crippen LogP contribution in [0, 0.1) is 0 Å². The second kappa shape index (κ2) is 6.67. The lowest BCUT2D eigenvalue weighted by molar-refractivity contribution is 0.0534. The van der Waals surface area contributed by atoms with Crippen LogP contribution in [0.3, 0.4) is 0 Å². The number of amides is 1. The van der Waals surface area contributed by atoms with E-state index in [4.69, 9.17) is 0 Å². The Hall–Kier alpha value is -1.66. The molecule has 0 unspecified atom stereocenters. The van der Waals surface area contributed by atoms with Crippen molar-refractivity contribution in [2.24, 2.45) is 0 Å². The molecule has 1 amide bonds. The standard InChI is InChI=1S/C14H21N3O3/c1-16-7-5-11(6-8-16)17(9-10-18)14(20)12-3-2-4-13(19)15-12/h2-4,11,18H,5-10H2,1H3,(H,15,19). The van der Waals surface area contributed by atoms with Crippen LogP contribution in [0.2, 0.25) is 0 Å². The number of nitrogens with one attached hydrogen (secondary N) is 1. The normalized spacial score (nSPS) is 17.1. The molecule has 0 bridgehead atoms. The highest BCUT2D eigenvalue weighted by Crippen LogP contribution is 2.17. The lowest BCUT2D eigenvalue weighted by atomic mass is 10.0. The first-order valence-corrected chi connectivity index (χ1v) is 6.91. The Bertz CT molecular complexity index is 506. The molecule has 2 rings (SSSR count). The first-order valence-electron chi connectivity index (χ1n) is 6.91. The van der Waals surface area contributed by atoms with Crippen LogP contribution in [0.25, 0.3) is 0 Å². The van der Waals surface area contributed by atoms with Crippen LogP contribution >= 0.6 is 0 Å². The summed E-state index contributed by atoms with van der Waals surface area (Å²) < 4.78 is 0. The maximum atomic E-state index is 12.5. The zero-order chi connectivity index (χ0) is 14.5. The summed E-state index contributed by atoms with van der Waals surface area (Å²) in [6.45, 7) is 2.09. The molecule has 0 saturated carbocycles. The van der Waals surface area contributed by atoms with Crippen molar-refractivity contribution in [1.82, 2.24) is 14.8 Å². The third kappa shape index (κ3) is 3.46. The molecule has 1 saturated heterocycles. The SMILES string of the molecule is CN1CCC(N(CCO)C(=O)c2cccc(=O)[nH]2)CC1. The number of aromatic nitrogens is 1. The molecule has 2 N–H and O–H groups in total. The molecular formula is C14H21N3O3. The van der Waals surface area contributed by atoms with Gasteiger partial charge >= 0.3 is 0 Å². The van der Waals surface area contributed by atoms with E-state index < -0.39 is 0 Å². The third-order valence-corrected chi connectivity index (χ3v) is 3.73. The fourth-order valence-electron chi connectivity index (χ4n) is 2.59. The summed E-state index contributed by atoms with van der Waals surface area (Å²) in [5.41, 5.74) is -0.00643. The zero-order valence-corrected chi connectivity index (χ0v) is 11.7. The molecule has 0 radical (unpaired) electrons. The van der Waals surface area contributed by atoms with Gasteiger partial charge in [0.05, 0.1) is 6.61 Å². The second-order valence-electron chi connectivity index (χ2n) is 5.19. The Kier molecular flexibility index (Phi) is 4.92. The molecule has 1 aliphatic rings. The third-order valence-electron chi connectivity index (χ3n) is 3.73. The Labute approximate surface area is 118 Å². The van der Waals surface area contributed by atoms with E-state index in [9.17, 15) is 14.7 Å². The molecule has 0 spiro atoms. The Morgan fingerprint density at radius 2 is 2.15 bits per heavy atom. The average molecular weight is 279 g/mol. The summed E-state index contributed by atoms with van der Waals surface area (Å²) in [5, 5.41) is 9.19. The maximum Gasteiger partial charge on any atom is 0.270 e. The minimum absolute atomic E-state index is 0.0743. The van der Waals surface area contributed by atoms with Crippen LogP contribution in [0.15, 0.2) is 23.0 Å². The lowest BCUT2D eigenvalue weighted by Crippen LogP contribution is -2.48. The molecule has 1 aromatic rings. The Morgan fingerprint density at radius 1 is 1.45 bits per heavy atom. The van der Waals surface area contributed by atoms with Crippen molar-refractivity contribution in [3.8, 4) is 0 Å². The molecule has 0 aliphatic carbocycles. The number of likely N-dealkylation sites (tertiary alicyclic amines) is 1. The Balaban J connectivity index is 2.15. The van der Waals surface area contributed by atoms with E-state index in [0.29, 0.717) is 6.54 Å². The maximum absolute atomic E-state index is 12.5. The molecule has 1 fully saturated rings. The van der Waals surface area contributed by atoms with Gasteiger partial charge in [-0.3, -0.25) is 9.59 Å². The van der Waals surface area contributed by atoms with Gasteiger partial charge < -0.3 is 19.9 Å². The van der Waals surface area contributed by atoms with Crippen molar-refractivity contribution >= 4 is 5.91 Å². The van der Waals surface area contributed by atoms with Gasteiger partial charge in [-0.1, -0.05) is 6.07 Å². The lowest BCUT2D eigenvalue weighted by Gasteiger charge is -2.37. The highest BCUT2D eigenvalue weighted by atomic mass is 16.3. The van der Waals surface area contributed by atoms with Crippen molar-refractivity contribution in [2.75, 3.05) is 33.3 Å². The number of pyridine rings is 1. The number of carbonyl (C=O) groups excluding carboxylic acids is 1. The van der Waals surface area contributed by atoms with Crippen molar-refractivity contribution in [1.29, 1.82) is 0 Å². The molecule has 6 heteroatoms. The van der Waals surface area contributed by atoms with Gasteiger partial charge in [0.2, 0.25) is 5.56 Å². The predicted octanol–water partition coefficient (Wildman–Crippen LogP) is -0.0964. The minimum Gasteiger partial charge on any atom is -0.395 e. The van der Waals surface area contributed by atoms with Gasteiger partial charge in [-0.25, -0.2) is 0 Å². The molecular weight excluding hydrogens is 258 g/mol. The van der Waals surface area contributed by atoms with Crippen LogP contribution in [0.5, 0.6) is 0 Å². The molecule has 1 aliphatic heterocycles. The van der Waals surface area contributed by atoms with Crippen LogP contribution in [0.4, 0.5) is 0 Å². The van der Waals surface area contributed by atoms with Crippen molar-refractivity contribution in [2.45, 2.75) is 18.9 Å². The molecule has 110 valence electrons. The quantitative estimate of drug-likeness (QED) is 0.807. The fraction of sp³-hybridized carbons (Fsp3) is 0.571. The molecule has 6 nitrogen and oxygen atoms in total. The molecule has 1 aromatic heterocycles. The number of nitrogens with zero attached hydrogens (tertiary/aromatic N) is 2. The van der Waals surface area contributed by atoms with Crippen molar-refractivity contribution < 1.29 is 9.90 Å². The Morgan fingerprint density at radius 3 is 2.75 bits per heavy atom. The van der Waals surface area contributed by atoms with E-state index in [2.05, 4.69) is 16.9 Å². The number of hydrogen-bond acceptors (Lipinski definition) is 4. The minimum atomic E-state index is -0.289. The number of hydrogen-bond donors (Lipinski definition) is 2. The van der Waals surface area contributed by atoms with Crippen LogP contribution < -0.4 is 5.56 Å². The predicted molar refractivity (Wildman–Crippen MR) is 75.7 cm³/mol. The molecule has 20 heavy (non-hydrogen) atoms. The number of piperidine rings is 1. The number of aliphatic hydroxyl groups excluding tert-OH is 1. The highest BCUT2D eigenvalue weighted by Gasteiger charge is 2.27. The summed E-state index contributed by atoms with van der Waals surface area (Å²) in [4.78, 5) is 30.3. The van der Waals surface area contributed by atoms with E-state index in [1.165, 1.54) is 6.07 Å². The van der Waals surface area contributed by atoms with Crippen LogP contribution in [0.1, 0.15) is 23.3 Å². The number of H-pyrrole nitrogens is 1. The monoisotopic (exact) mass is 279 g/mol. The summed E-state index contributed by atoms with van der Waals surface area (Å²) >= 11 is 0. The van der Waals surface area contributed by atoms with Gasteiger partial charge in [-0.05, 0) is 39.0 Å². The number of rotatable bonds is 4. The first kappa shape index (κ1) is 14.7. The topological polar surface area (TPSA) is 76.6 Å². The van der Waals surface area contributed by atoms with E-state index in [1.807, 2.05) is 0 Å². The second-order valence-corrected chi connectivity index (χ2v) is 5.19. The fourth-order valence-corrected chi connectivity index (χ4v) is 2.59. The van der Waals surface area contributed by atoms with Gasteiger partial charge in [0.1, 0.15) is 5.69 Å². The van der Waals surface area contributed by atoms with Crippen molar-refractivity contribution in [3.63, 3.8) is 0 Å². The highest BCUT2D eigenvalue weighted by molar-refractivity contribution is 5.92. The van der Waals surface area contributed by atoms with E-state index in [0.717, 1.165) is 25.9 Å². The van der Waals surface area contributed by atoms with Crippen LogP contribution in [-0.2, 0) is 0 Å². The smallest absolute Gasteiger partial charge is 0.270 e. The van der Waals surface area contributed by atoms with Crippen molar-refractivity contribution in [3.05, 3.63) is 34.2 Å². The number of aromatic amines is 1. The average Bonchev–Trinajstić information content (AvgIpc) is 2.45. The molecule has 0 atom stereocenters. The first-order chi connectivity index (χ1) is 9.61. The molecule has 2 heterocycles. The summed E-state index contributed by atoms with van der Waals surface area (Å²) in [6, 6.07) is 4.67. The summed E-state index contributed by atoms with van der Waals surface area (Å²) in [5.74, 6) is -0.216. The van der Waals surface area contributed by atoms with Gasteiger partial charge in [0, 0.05) is 18.7 Å². The van der Waals surface area contributed by atoms with Gasteiger partial charge in [-0.2, -0.15) is 0 Å². The summed E-state index contributed by atoms with van der Waals surface area (Å²) in [7, 11) is 2.06. The van der Waals surface area contributed by atoms with Gasteiger partial charge in [0.25, 0.3) is 5.91 Å². The van der Waals surface area contributed by atoms with Crippen LogP contribution in [-0.4, -0.2) is 65.1 Å². The van der Waals surface area contributed by atoms with E-state index in [1.54, 1.807) is 17.0 Å². The summed E-state index contributed by atoms with van der Waals surface area (Å²) in [6.07, 6.45) is 1.78. The van der Waals surface area contributed by atoms with E-state index in [-0.39, 0.29) is 29.8 Å². The largest absolute Gasteiger partial charge is 0.395 e. The zero-order valence-electron chi connectivity index (χ0n) is 11.7. The molecule has 0 aromatic carbocycles. The van der Waals surface area contributed by atoms with Gasteiger partial charge in [0.15, 0.2) is 0 Å².